The molecule has 1 nitrogen and oxygen atoms in total. The van der Waals surface area contributed by atoms with Gasteiger partial charge in [-0.15, -0.1) is 0 Å². The van der Waals surface area contributed by atoms with Crippen LogP contribution in [0.15, 0.2) is 60.3 Å². The third kappa shape index (κ3) is 2.19. The Morgan fingerprint density at radius 2 is 2.05 bits per heavy atom. The molecule has 0 unspecified atom stereocenters. The normalized spacial score (nSPS) is 14.2. The van der Waals surface area contributed by atoms with E-state index in [1.54, 1.807) is 5.57 Å². The van der Waals surface area contributed by atoms with E-state index in [-0.39, 0.29) is 0 Å². The first-order chi connectivity index (χ1) is 10.3. The number of rotatable bonds is 3. The van der Waals surface area contributed by atoms with Gasteiger partial charge in [-0.05, 0) is 71.7 Å². The van der Waals surface area contributed by atoms with Crippen LogP contribution in [0.2, 0.25) is 0 Å². The highest BCUT2D eigenvalue weighted by atomic mass is 14.6. The van der Waals surface area contributed by atoms with Crippen LogP contribution >= 0.6 is 0 Å². The first kappa shape index (κ1) is 12.5. The Labute approximate surface area is 125 Å². The summed E-state index contributed by atoms with van der Waals surface area (Å²) in [7, 11) is 0. The van der Waals surface area contributed by atoms with Crippen LogP contribution in [-0.2, 0) is 6.42 Å². The fourth-order valence-electron chi connectivity index (χ4n) is 3.39. The van der Waals surface area contributed by atoms with Crippen LogP contribution in [0.1, 0.15) is 24.0 Å². The van der Waals surface area contributed by atoms with Gasteiger partial charge in [0.25, 0.3) is 0 Å². The number of benzene rings is 1. The molecule has 1 aliphatic rings. The van der Waals surface area contributed by atoms with Gasteiger partial charge in [-0.25, -0.2) is 0 Å². The van der Waals surface area contributed by atoms with Crippen LogP contribution < -0.4 is 0 Å². The Morgan fingerprint density at radius 3 is 2.90 bits per heavy atom. The Hall–Kier alpha value is -2.28. The molecule has 3 aromatic rings. The number of fused-ring (bicyclic) bond motifs is 2. The topological polar surface area (TPSA) is 15.8 Å². The lowest BCUT2D eigenvalue weighted by Crippen LogP contribution is -1.89. The zero-order valence-electron chi connectivity index (χ0n) is 12.3. The van der Waals surface area contributed by atoms with Crippen molar-refractivity contribution >= 4 is 21.7 Å². The lowest BCUT2D eigenvalue weighted by Gasteiger charge is -2.05. The van der Waals surface area contributed by atoms with Gasteiger partial charge in [0.2, 0.25) is 0 Å². The molecule has 1 aliphatic carbocycles. The maximum absolute atomic E-state index is 3.36. The molecule has 0 saturated heterocycles. The Balaban J connectivity index is 1.76. The first-order valence-corrected chi connectivity index (χ1v) is 7.65. The van der Waals surface area contributed by atoms with Crippen molar-refractivity contribution in [3.8, 4) is 0 Å². The van der Waals surface area contributed by atoms with E-state index < -0.39 is 0 Å². The van der Waals surface area contributed by atoms with Gasteiger partial charge in [0.15, 0.2) is 0 Å². The van der Waals surface area contributed by atoms with E-state index in [9.17, 15) is 0 Å². The highest BCUT2D eigenvalue weighted by Crippen LogP contribution is 2.31. The van der Waals surface area contributed by atoms with E-state index in [2.05, 4.69) is 60.5 Å². The average molecular weight is 273 g/mol. The van der Waals surface area contributed by atoms with Crippen molar-refractivity contribution in [2.75, 3.05) is 0 Å². The monoisotopic (exact) mass is 273 g/mol. The first-order valence-electron chi connectivity index (χ1n) is 7.65. The molecule has 0 atom stereocenters. The number of H-pyrrole nitrogens is 1. The van der Waals surface area contributed by atoms with Gasteiger partial charge in [-0.2, -0.15) is 0 Å². The third-order valence-corrected chi connectivity index (χ3v) is 4.55. The van der Waals surface area contributed by atoms with Crippen LogP contribution in [0.5, 0.6) is 0 Å². The minimum absolute atomic E-state index is 1.13. The summed E-state index contributed by atoms with van der Waals surface area (Å²) in [6.07, 6.45) is 12.1. The van der Waals surface area contributed by atoms with Gasteiger partial charge >= 0.3 is 0 Å². The summed E-state index contributed by atoms with van der Waals surface area (Å²) < 4.78 is 0. The van der Waals surface area contributed by atoms with Crippen molar-refractivity contribution in [3.05, 3.63) is 71.5 Å². The predicted molar refractivity (Wildman–Crippen MR) is 90.7 cm³/mol. The molecule has 0 spiro atoms. The van der Waals surface area contributed by atoms with Crippen LogP contribution in [0.25, 0.3) is 21.7 Å². The Morgan fingerprint density at radius 1 is 1.10 bits per heavy atom. The average Bonchev–Trinajstić information content (AvgIpc) is 3.10. The highest BCUT2D eigenvalue weighted by Gasteiger charge is 2.10. The highest BCUT2D eigenvalue weighted by molar-refractivity contribution is 6.00. The van der Waals surface area contributed by atoms with E-state index >= 15 is 0 Å². The van der Waals surface area contributed by atoms with Gasteiger partial charge in [0.1, 0.15) is 0 Å². The third-order valence-electron chi connectivity index (χ3n) is 4.55. The van der Waals surface area contributed by atoms with Gasteiger partial charge in [0, 0.05) is 11.7 Å². The SMILES string of the molecule is Cc1cc2cc3ccc[nH]c3cc2c1CCC1=CC=CC1. The van der Waals surface area contributed by atoms with E-state index in [1.165, 1.54) is 39.2 Å². The molecule has 0 saturated carbocycles. The lowest BCUT2D eigenvalue weighted by atomic mass is 10.0. The standard InChI is InChI=1S/C20H19N/c1-14-11-17-12-16-7-4-10-21-20(16)13-19(17)18(14)9-8-15-5-2-3-6-15/h2-5,7,10-13,21H,6,8-9H2,1H3. The van der Waals surface area contributed by atoms with Crippen molar-refractivity contribution in [2.24, 2.45) is 0 Å². The molecule has 4 rings (SSSR count). The van der Waals surface area contributed by atoms with Crippen molar-refractivity contribution in [1.82, 2.24) is 4.98 Å². The molecule has 0 amide bonds. The van der Waals surface area contributed by atoms with E-state index in [0.717, 1.165) is 12.8 Å². The number of hydrogen-bond donors (Lipinski definition) is 1. The smallest absolute Gasteiger partial charge is 0.0459 e. The molecule has 0 fully saturated rings. The summed E-state index contributed by atoms with van der Waals surface area (Å²) in [5.41, 5.74) is 5.71. The fraction of sp³-hybridized carbons (Fsp3) is 0.200. The van der Waals surface area contributed by atoms with E-state index in [1.807, 2.05) is 6.20 Å². The Bertz CT molecular complexity index is 877. The quantitative estimate of drug-likeness (QED) is 0.653. The molecule has 104 valence electrons. The summed E-state index contributed by atoms with van der Waals surface area (Å²) in [6, 6.07) is 11.2. The molecule has 2 aromatic carbocycles. The lowest BCUT2D eigenvalue weighted by molar-refractivity contribution is 0.921. The van der Waals surface area contributed by atoms with Crippen molar-refractivity contribution in [1.29, 1.82) is 0 Å². The number of pyridine rings is 1. The fourth-order valence-corrected chi connectivity index (χ4v) is 3.39. The van der Waals surface area contributed by atoms with E-state index in [0.29, 0.717) is 0 Å². The number of aromatic amines is 1. The minimum Gasteiger partial charge on any atom is -0.361 e. The maximum atomic E-state index is 3.36. The van der Waals surface area contributed by atoms with Crippen LogP contribution in [0.3, 0.4) is 0 Å². The minimum atomic E-state index is 1.13. The molecule has 1 heteroatoms. The number of aryl methyl sites for hydroxylation is 2. The number of allylic oxidation sites excluding steroid dienone is 4. The second-order valence-electron chi connectivity index (χ2n) is 5.96. The molecule has 1 aromatic heterocycles. The van der Waals surface area contributed by atoms with Crippen LogP contribution in [0.4, 0.5) is 0 Å². The van der Waals surface area contributed by atoms with Crippen molar-refractivity contribution < 1.29 is 0 Å². The second kappa shape index (κ2) is 4.92. The zero-order chi connectivity index (χ0) is 14.2. The summed E-state index contributed by atoms with van der Waals surface area (Å²) in [5.74, 6) is 0. The molecule has 0 radical (unpaired) electrons. The Kier molecular flexibility index (Phi) is 2.92. The molecule has 21 heavy (non-hydrogen) atoms. The second-order valence-corrected chi connectivity index (χ2v) is 5.96. The summed E-state index contributed by atoms with van der Waals surface area (Å²) in [6.45, 7) is 2.24. The number of aromatic nitrogens is 1. The van der Waals surface area contributed by atoms with Crippen molar-refractivity contribution in [2.45, 2.75) is 26.2 Å². The van der Waals surface area contributed by atoms with Crippen LogP contribution in [0, 0.1) is 6.92 Å². The predicted octanol–water partition coefficient (Wildman–Crippen LogP) is 5.45. The van der Waals surface area contributed by atoms with Crippen molar-refractivity contribution in [3.63, 3.8) is 0 Å². The largest absolute Gasteiger partial charge is 0.361 e. The van der Waals surface area contributed by atoms with Crippen LogP contribution in [-0.4, -0.2) is 4.98 Å². The zero-order valence-corrected chi connectivity index (χ0v) is 12.3. The molecule has 1 N–H and O–H groups in total. The molecular formula is C20H19N. The molecule has 0 aliphatic heterocycles. The molecule has 0 bridgehead atoms. The molecular weight excluding hydrogens is 254 g/mol. The van der Waals surface area contributed by atoms with Gasteiger partial charge in [-0.3, -0.25) is 0 Å². The molecule has 1 heterocycles. The number of nitrogens with one attached hydrogen (secondary N) is 1. The van der Waals surface area contributed by atoms with Gasteiger partial charge < -0.3 is 4.98 Å². The van der Waals surface area contributed by atoms with E-state index in [4.69, 9.17) is 0 Å². The summed E-state index contributed by atoms with van der Waals surface area (Å²) in [4.78, 5) is 3.36. The number of hydrogen-bond acceptors (Lipinski definition) is 0. The summed E-state index contributed by atoms with van der Waals surface area (Å²) in [5, 5.41) is 4.06. The van der Waals surface area contributed by atoms with Gasteiger partial charge in [-0.1, -0.05) is 35.9 Å². The van der Waals surface area contributed by atoms with Gasteiger partial charge in [0.05, 0.1) is 0 Å². The maximum Gasteiger partial charge on any atom is 0.0459 e. The summed E-state index contributed by atoms with van der Waals surface area (Å²) >= 11 is 0.